The van der Waals surface area contributed by atoms with E-state index in [2.05, 4.69) is 95.1 Å². The minimum atomic E-state index is -2.01. The minimum absolute atomic E-state index is 0.964. The maximum absolute atomic E-state index is 4.21. The molecule has 1 aromatic heterocycles. The molecule has 3 heteroatoms. The van der Waals surface area contributed by atoms with E-state index in [1.54, 1.807) is 0 Å². The second kappa shape index (κ2) is 6.58. The van der Waals surface area contributed by atoms with E-state index in [1.807, 2.05) is 12.5 Å². The standard InChI is InChI=1S/C19H20N2Si/c1-2-15-22(17-21-14-13-20-16-21,18-9-5-3-6-10-18)19-11-7-4-8-12-19/h2-16H,17H2,1H3. The van der Waals surface area contributed by atoms with Crippen molar-refractivity contribution in [3.05, 3.63) is 91.2 Å². The van der Waals surface area contributed by atoms with Gasteiger partial charge in [-0.3, -0.25) is 0 Å². The third kappa shape index (κ3) is 2.80. The van der Waals surface area contributed by atoms with Gasteiger partial charge in [0.1, 0.15) is 0 Å². The van der Waals surface area contributed by atoms with E-state index in [9.17, 15) is 0 Å². The van der Waals surface area contributed by atoms with Crippen LogP contribution in [0.15, 0.2) is 91.2 Å². The van der Waals surface area contributed by atoms with Crippen LogP contribution in [0.3, 0.4) is 0 Å². The van der Waals surface area contributed by atoms with Gasteiger partial charge in [0.05, 0.1) is 6.33 Å². The quantitative estimate of drug-likeness (QED) is 0.663. The lowest BCUT2D eigenvalue weighted by atomic mass is 10.4. The summed E-state index contributed by atoms with van der Waals surface area (Å²) in [7, 11) is -2.01. The van der Waals surface area contributed by atoms with E-state index in [4.69, 9.17) is 0 Å². The highest BCUT2D eigenvalue weighted by atomic mass is 28.3. The van der Waals surface area contributed by atoms with Crippen LogP contribution in [0.5, 0.6) is 0 Å². The Labute approximate surface area is 132 Å². The zero-order valence-electron chi connectivity index (χ0n) is 12.8. The normalized spacial score (nSPS) is 11.9. The Hall–Kier alpha value is -2.39. The Morgan fingerprint density at radius 2 is 1.55 bits per heavy atom. The van der Waals surface area contributed by atoms with Gasteiger partial charge in [0.2, 0.25) is 0 Å². The number of nitrogens with zero attached hydrogens (tertiary/aromatic N) is 2. The first-order valence-electron chi connectivity index (χ1n) is 7.56. The van der Waals surface area contributed by atoms with Gasteiger partial charge in [-0.25, -0.2) is 4.98 Å². The molecule has 0 aliphatic heterocycles. The zero-order valence-corrected chi connectivity index (χ0v) is 13.8. The zero-order chi connectivity index (χ0) is 15.3. The van der Waals surface area contributed by atoms with Crippen LogP contribution in [0.4, 0.5) is 0 Å². The first-order chi connectivity index (χ1) is 10.8. The number of benzene rings is 2. The van der Waals surface area contributed by atoms with Crippen molar-refractivity contribution in [2.45, 2.75) is 13.1 Å². The number of imidazole rings is 1. The molecule has 0 unspecified atom stereocenters. The first kappa shape index (κ1) is 14.5. The third-order valence-electron chi connectivity index (χ3n) is 4.02. The summed E-state index contributed by atoms with van der Waals surface area (Å²) in [6.07, 6.45) is 8.98. The molecule has 0 amide bonds. The summed E-state index contributed by atoms with van der Waals surface area (Å²) in [6, 6.07) is 21.8. The van der Waals surface area contributed by atoms with Crippen LogP contribution in [0.25, 0.3) is 0 Å². The summed E-state index contributed by atoms with van der Waals surface area (Å²) in [5.74, 6) is 0. The smallest absolute Gasteiger partial charge is 0.160 e. The Morgan fingerprint density at radius 3 is 2.00 bits per heavy atom. The summed E-state index contributed by atoms with van der Waals surface area (Å²) in [4.78, 5) is 4.21. The molecule has 0 aliphatic rings. The van der Waals surface area contributed by atoms with Gasteiger partial charge in [0.25, 0.3) is 0 Å². The van der Waals surface area contributed by atoms with Crippen LogP contribution in [0.2, 0.25) is 0 Å². The Bertz CT molecular complexity index is 679. The lowest BCUT2D eigenvalue weighted by Gasteiger charge is -2.30. The monoisotopic (exact) mass is 304 g/mol. The van der Waals surface area contributed by atoms with Gasteiger partial charge in [-0.05, 0) is 17.3 Å². The Kier molecular flexibility index (Phi) is 4.35. The second-order valence-corrected chi connectivity index (χ2v) is 9.19. The predicted molar refractivity (Wildman–Crippen MR) is 94.9 cm³/mol. The SMILES string of the molecule is CC=C[Si](Cn1ccnc1)(c1ccccc1)c1ccccc1. The third-order valence-corrected chi connectivity index (χ3v) is 8.51. The number of hydrogen-bond acceptors (Lipinski definition) is 1. The molecule has 0 saturated heterocycles. The topological polar surface area (TPSA) is 17.8 Å². The second-order valence-electron chi connectivity index (χ2n) is 5.44. The number of hydrogen-bond donors (Lipinski definition) is 0. The average molecular weight is 304 g/mol. The summed E-state index contributed by atoms with van der Waals surface area (Å²) in [5.41, 5.74) is 2.43. The fraction of sp³-hybridized carbons (Fsp3) is 0.105. The number of aromatic nitrogens is 2. The van der Waals surface area contributed by atoms with Crippen LogP contribution in [0, 0.1) is 0 Å². The molecule has 0 saturated carbocycles. The lowest BCUT2D eigenvalue weighted by Crippen LogP contribution is -2.60. The van der Waals surface area contributed by atoms with Gasteiger partial charge in [-0.15, -0.1) is 0 Å². The van der Waals surface area contributed by atoms with Crippen LogP contribution in [-0.2, 0) is 6.17 Å². The highest BCUT2D eigenvalue weighted by Crippen LogP contribution is 2.11. The maximum atomic E-state index is 4.21. The van der Waals surface area contributed by atoms with E-state index in [0.29, 0.717) is 0 Å². The van der Waals surface area contributed by atoms with Gasteiger partial charge in [-0.2, -0.15) is 0 Å². The molecule has 2 aromatic carbocycles. The number of rotatable bonds is 5. The van der Waals surface area contributed by atoms with Crippen LogP contribution < -0.4 is 10.4 Å². The summed E-state index contributed by atoms with van der Waals surface area (Å²) >= 11 is 0. The molecule has 22 heavy (non-hydrogen) atoms. The molecule has 1 heterocycles. The van der Waals surface area contributed by atoms with Crippen molar-refractivity contribution >= 4 is 18.4 Å². The molecule has 3 rings (SSSR count). The molecule has 0 aliphatic carbocycles. The number of allylic oxidation sites excluding steroid dienone is 1. The fourth-order valence-electron chi connectivity index (χ4n) is 3.02. The highest BCUT2D eigenvalue weighted by molar-refractivity contribution is 7.05. The highest BCUT2D eigenvalue weighted by Gasteiger charge is 2.34. The van der Waals surface area contributed by atoms with Crippen molar-refractivity contribution < 1.29 is 0 Å². The van der Waals surface area contributed by atoms with Gasteiger partial charge in [0.15, 0.2) is 8.07 Å². The Balaban J connectivity index is 2.19. The van der Waals surface area contributed by atoms with Crippen LogP contribution >= 0.6 is 0 Å². The van der Waals surface area contributed by atoms with Crippen molar-refractivity contribution in [3.8, 4) is 0 Å². The van der Waals surface area contributed by atoms with E-state index < -0.39 is 8.07 Å². The molecule has 2 nitrogen and oxygen atoms in total. The Morgan fingerprint density at radius 1 is 0.955 bits per heavy atom. The van der Waals surface area contributed by atoms with Gasteiger partial charge >= 0.3 is 0 Å². The maximum Gasteiger partial charge on any atom is 0.160 e. The fourth-order valence-corrected chi connectivity index (χ4v) is 7.11. The van der Waals surface area contributed by atoms with Gasteiger partial charge < -0.3 is 4.57 Å². The molecule has 0 radical (unpaired) electrons. The summed E-state index contributed by atoms with van der Waals surface area (Å²) in [6.45, 7) is 2.11. The van der Waals surface area contributed by atoms with Crippen molar-refractivity contribution in [3.63, 3.8) is 0 Å². The van der Waals surface area contributed by atoms with E-state index in [1.165, 1.54) is 10.4 Å². The largest absolute Gasteiger partial charge is 0.339 e. The van der Waals surface area contributed by atoms with Crippen LogP contribution in [-0.4, -0.2) is 17.6 Å². The molecule has 0 N–H and O–H groups in total. The van der Waals surface area contributed by atoms with Gasteiger partial charge in [-0.1, -0.05) is 72.4 Å². The first-order valence-corrected chi connectivity index (χ1v) is 9.84. The van der Waals surface area contributed by atoms with Gasteiger partial charge in [0, 0.05) is 18.6 Å². The molecular weight excluding hydrogens is 284 g/mol. The van der Waals surface area contributed by atoms with E-state index >= 15 is 0 Å². The molecule has 110 valence electrons. The van der Waals surface area contributed by atoms with E-state index in [-0.39, 0.29) is 0 Å². The van der Waals surface area contributed by atoms with Crippen molar-refractivity contribution in [1.29, 1.82) is 0 Å². The predicted octanol–water partition coefficient (Wildman–Crippen LogP) is 2.80. The lowest BCUT2D eigenvalue weighted by molar-refractivity contribution is 0.861. The molecular formula is C19H20N2Si. The van der Waals surface area contributed by atoms with Crippen LogP contribution in [0.1, 0.15) is 6.92 Å². The van der Waals surface area contributed by atoms with E-state index in [0.717, 1.165) is 6.17 Å². The summed E-state index contributed by atoms with van der Waals surface area (Å²) in [5, 5.41) is 2.85. The molecule has 3 aromatic rings. The molecule has 0 bridgehead atoms. The minimum Gasteiger partial charge on any atom is -0.339 e. The molecule has 0 fully saturated rings. The molecule has 0 spiro atoms. The average Bonchev–Trinajstić information content (AvgIpc) is 3.09. The van der Waals surface area contributed by atoms with Crippen molar-refractivity contribution in [1.82, 2.24) is 9.55 Å². The van der Waals surface area contributed by atoms with Crippen molar-refractivity contribution in [2.24, 2.45) is 0 Å². The molecule has 0 atom stereocenters. The van der Waals surface area contributed by atoms with Crippen molar-refractivity contribution in [2.75, 3.05) is 0 Å². The summed E-state index contributed by atoms with van der Waals surface area (Å²) < 4.78 is 2.20.